The number of aliphatic carboxylic acids is 1. The van der Waals surface area contributed by atoms with E-state index in [-0.39, 0.29) is 5.57 Å². The van der Waals surface area contributed by atoms with E-state index in [9.17, 15) is 4.79 Å². The van der Waals surface area contributed by atoms with Crippen molar-refractivity contribution in [3.63, 3.8) is 0 Å². The molecule has 0 aliphatic carbocycles. The topological polar surface area (TPSA) is 37.3 Å². The van der Waals surface area contributed by atoms with Crippen molar-refractivity contribution in [1.29, 1.82) is 0 Å². The second-order valence-electron chi connectivity index (χ2n) is 2.53. The third kappa shape index (κ3) is 5.64. The molecule has 0 bridgehead atoms. The second kappa shape index (κ2) is 5.96. The summed E-state index contributed by atoms with van der Waals surface area (Å²) in [6, 6.07) is 0. The van der Waals surface area contributed by atoms with Crippen LogP contribution in [0.1, 0.15) is 32.6 Å². The van der Waals surface area contributed by atoms with Gasteiger partial charge in [-0.1, -0.05) is 25.8 Å². The van der Waals surface area contributed by atoms with Crippen LogP contribution >= 0.6 is 0 Å². The van der Waals surface area contributed by atoms with E-state index in [0.29, 0.717) is 0 Å². The molecular formula is C9H15O2. The first-order valence-corrected chi connectivity index (χ1v) is 3.94. The number of carboxylic acids is 1. The smallest absolute Gasteiger partial charge is 0.331 e. The Bertz CT molecular complexity index is 148. The van der Waals surface area contributed by atoms with Gasteiger partial charge in [-0.25, -0.2) is 4.79 Å². The first-order chi connectivity index (χ1) is 5.18. The molecule has 0 unspecified atom stereocenters. The summed E-state index contributed by atoms with van der Waals surface area (Å²) in [4.78, 5) is 10.2. The molecular weight excluding hydrogens is 140 g/mol. The van der Waals surface area contributed by atoms with E-state index in [0.717, 1.165) is 25.7 Å². The highest BCUT2D eigenvalue weighted by molar-refractivity contribution is 5.87. The standard InChI is InChI=1S/C9H15O2/c1-3-4-5-6-7-8(2)9(10)11/h7H,2-6H2,1H3,(H,10,11). The molecule has 0 aromatic carbocycles. The fraction of sp³-hybridized carbons (Fsp3) is 0.556. The maximum absolute atomic E-state index is 10.2. The lowest BCUT2D eigenvalue weighted by Crippen LogP contribution is -1.95. The minimum absolute atomic E-state index is 0.209. The van der Waals surface area contributed by atoms with Gasteiger partial charge in [0.1, 0.15) is 0 Å². The highest BCUT2D eigenvalue weighted by Gasteiger charge is 1.97. The van der Waals surface area contributed by atoms with Crippen LogP contribution in [0.5, 0.6) is 0 Å². The van der Waals surface area contributed by atoms with Gasteiger partial charge >= 0.3 is 5.97 Å². The first-order valence-electron chi connectivity index (χ1n) is 3.94. The van der Waals surface area contributed by atoms with Crippen LogP contribution in [0.4, 0.5) is 0 Å². The maximum atomic E-state index is 10.2. The lowest BCUT2D eigenvalue weighted by molar-refractivity contribution is -0.132. The summed E-state index contributed by atoms with van der Waals surface area (Å²) >= 11 is 0. The van der Waals surface area contributed by atoms with Gasteiger partial charge in [0.25, 0.3) is 0 Å². The first kappa shape index (κ1) is 10.2. The average molecular weight is 155 g/mol. The average Bonchev–Trinajstić information content (AvgIpc) is 1.97. The van der Waals surface area contributed by atoms with E-state index in [2.05, 4.69) is 13.8 Å². The zero-order valence-corrected chi connectivity index (χ0v) is 6.97. The van der Waals surface area contributed by atoms with Crippen LogP contribution in [0, 0.1) is 6.92 Å². The summed E-state index contributed by atoms with van der Waals surface area (Å²) < 4.78 is 0. The molecule has 0 aromatic rings. The van der Waals surface area contributed by atoms with E-state index >= 15 is 0 Å². The highest BCUT2D eigenvalue weighted by Crippen LogP contribution is 2.02. The molecule has 0 fully saturated rings. The van der Waals surface area contributed by atoms with Crippen molar-refractivity contribution >= 4 is 5.97 Å². The van der Waals surface area contributed by atoms with Crippen molar-refractivity contribution in [3.8, 4) is 0 Å². The van der Waals surface area contributed by atoms with E-state index in [1.54, 1.807) is 6.08 Å². The molecule has 2 nitrogen and oxygen atoms in total. The van der Waals surface area contributed by atoms with Gasteiger partial charge in [0.15, 0.2) is 0 Å². The van der Waals surface area contributed by atoms with Crippen molar-refractivity contribution < 1.29 is 9.90 Å². The molecule has 0 aliphatic heterocycles. The lowest BCUT2D eigenvalue weighted by Gasteiger charge is -1.93. The predicted octanol–water partition coefficient (Wildman–Crippen LogP) is 2.41. The normalized spacial score (nSPS) is 11.6. The van der Waals surface area contributed by atoms with Gasteiger partial charge in [-0.2, -0.15) is 0 Å². The van der Waals surface area contributed by atoms with Gasteiger partial charge in [0.05, 0.1) is 0 Å². The Morgan fingerprint density at radius 3 is 2.64 bits per heavy atom. The fourth-order valence-corrected chi connectivity index (χ4v) is 0.758. The molecule has 1 N–H and O–H groups in total. The van der Waals surface area contributed by atoms with E-state index in [1.807, 2.05) is 0 Å². The van der Waals surface area contributed by atoms with Crippen LogP contribution < -0.4 is 0 Å². The van der Waals surface area contributed by atoms with Gasteiger partial charge in [-0.05, 0) is 19.8 Å². The Morgan fingerprint density at radius 2 is 2.18 bits per heavy atom. The predicted molar refractivity (Wildman–Crippen MR) is 45.2 cm³/mol. The number of carbonyl (C=O) groups is 1. The van der Waals surface area contributed by atoms with Crippen LogP contribution in [0.25, 0.3) is 0 Å². The zero-order valence-electron chi connectivity index (χ0n) is 6.97. The van der Waals surface area contributed by atoms with Gasteiger partial charge in [-0.3, -0.25) is 0 Å². The summed E-state index contributed by atoms with van der Waals surface area (Å²) in [5, 5.41) is 8.41. The molecule has 0 atom stereocenters. The zero-order chi connectivity index (χ0) is 8.69. The van der Waals surface area contributed by atoms with E-state index in [4.69, 9.17) is 5.11 Å². The summed E-state index contributed by atoms with van der Waals surface area (Å²) in [6.45, 7) is 5.51. The van der Waals surface area contributed by atoms with Gasteiger partial charge in [0, 0.05) is 5.57 Å². The Morgan fingerprint density at radius 1 is 1.55 bits per heavy atom. The van der Waals surface area contributed by atoms with Crippen molar-refractivity contribution in [3.05, 3.63) is 18.6 Å². The number of hydrogen-bond donors (Lipinski definition) is 1. The van der Waals surface area contributed by atoms with E-state index < -0.39 is 5.97 Å². The van der Waals surface area contributed by atoms with Crippen molar-refractivity contribution in [2.45, 2.75) is 32.6 Å². The Labute approximate surface area is 67.9 Å². The summed E-state index contributed by atoms with van der Waals surface area (Å²) in [7, 11) is 0. The van der Waals surface area contributed by atoms with Crippen molar-refractivity contribution in [2.24, 2.45) is 0 Å². The monoisotopic (exact) mass is 155 g/mol. The van der Waals surface area contributed by atoms with Crippen LogP contribution in [-0.4, -0.2) is 11.1 Å². The molecule has 0 saturated carbocycles. The largest absolute Gasteiger partial charge is 0.478 e. The molecule has 1 radical (unpaired) electrons. The highest BCUT2D eigenvalue weighted by atomic mass is 16.4. The van der Waals surface area contributed by atoms with Gasteiger partial charge in [-0.15, -0.1) is 0 Å². The Kier molecular flexibility index (Phi) is 5.53. The van der Waals surface area contributed by atoms with Gasteiger partial charge < -0.3 is 5.11 Å². The van der Waals surface area contributed by atoms with Crippen LogP contribution in [0.2, 0.25) is 0 Å². The summed E-state index contributed by atoms with van der Waals surface area (Å²) in [5.41, 5.74) is 0.209. The number of rotatable bonds is 5. The number of carboxylic acid groups (broad SMARTS) is 1. The van der Waals surface area contributed by atoms with Crippen LogP contribution in [0.15, 0.2) is 11.6 Å². The molecule has 0 aromatic heterocycles. The number of unbranched alkanes of at least 4 members (excludes halogenated alkanes) is 3. The quantitative estimate of drug-likeness (QED) is 0.489. The minimum atomic E-state index is -0.915. The SMILES string of the molecule is [CH2]C(=CCCCCC)C(=O)O. The van der Waals surface area contributed by atoms with Crippen molar-refractivity contribution in [1.82, 2.24) is 0 Å². The third-order valence-electron chi connectivity index (χ3n) is 1.47. The molecule has 0 spiro atoms. The lowest BCUT2D eigenvalue weighted by atomic mass is 10.1. The summed E-state index contributed by atoms with van der Waals surface area (Å²) in [5.74, 6) is -0.915. The van der Waals surface area contributed by atoms with E-state index in [1.165, 1.54) is 0 Å². The second-order valence-corrected chi connectivity index (χ2v) is 2.53. The molecule has 0 amide bonds. The fourth-order valence-electron chi connectivity index (χ4n) is 0.758. The Balaban J connectivity index is 3.48. The molecule has 63 valence electrons. The summed E-state index contributed by atoms with van der Waals surface area (Å²) in [6.07, 6.45) is 5.89. The molecule has 2 heteroatoms. The molecule has 11 heavy (non-hydrogen) atoms. The third-order valence-corrected chi connectivity index (χ3v) is 1.47. The van der Waals surface area contributed by atoms with Crippen LogP contribution in [0.3, 0.4) is 0 Å². The number of allylic oxidation sites excluding steroid dienone is 1. The molecule has 0 saturated heterocycles. The minimum Gasteiger partial charge on any atom is -0.478 e. The van der Waals surface area contributed by atoms with Crippen molar-refractivity contribution in [2.75, 3.05) is 0 Å². The number of hydrogen-bond acceptors (Lipinski definition) is 1. The molecule has 0 heterocycles. The maximum Gasteiger partial charge on any atom is 0.331 e. The molecule has 0 rings (SSSR count). The molecule has 0 aliphatic rings. The van der Waals surface area contributed by atoms with Gasteiger partial charge in [0.2, 0.25) is 0 Å². The Hall–Kier alpha value is -0.790. The van der Waals surface area contributed by atoms with Crippen LogP contribution in [-0.2, 0) is 4.79 Å².